The van der Waals surface area contributed by atoms with Crippen molar-refractivity contribution in [1.82, 2.24) is 15.1 Å². The molecule has 1 N–H and O–H groups in total. The molecule has 0 bridgehead atoms. The fraction of sp³-hybridized carbons (Fsp3) is 0.273. The molecule has 3 aromatic rings. The molecule has 0 fully saturated rings. The van der Waals surface area contributed by atoms with Crippen molar-refractivity contribution in [1.29, 1.82) is 0 Å². The summed E-state index contributed by atoms with van der Waals surface area (Å²) in [5, 5.41) is 7.61. The zero-order chi connectivity index (χ0) is 19.5. The van der Waals surface area contributed by atoms with Crippen molar-refractivity contribution in [3.63, 3.8) is 0 Å². The van der Waals surface area contributed by atoms with Crippen LogP contribution in [-0.2, 0) is 17.6 Å². The fourth-order valence-corrected chi connectivity index (χ4v) is 3.42. The van der Waals surface area contributed by atoms with Crippen LogP contribution in [0.15, 0.2) is 48.5 Å². The molecule has 1 aliphatic heterocycles. The highest BCUT2D eigenvalue weighted by molar-refractivity contribution is 5.79. The molecular weight excluding hydrogens is 354 g/mol. The third-order valence-corrected chi connectivity index (χ3v) is 4.95. The van der Waals surface area contributed by atoms with Crippen molar-refractivity contribution in [2.24, 2.45) is 0 Å². The number of aryl methyl sites for hydroxylation is 1. The number of carbonyl (C=O) groups is 1. The van der Waals surface area contributed by atoms with E-state index in [-0.39, 0.29) is 12.7 Å². The van der Waals surface area contributed by atoms with E-state index in [9.17, 15) is 4.79 Å². The van der Waals surface area contributed by atoms with E-state index in [0.29, 0.717) is 13.0 Å². The Bertz CT molecular complexity index is 996. The normalized spacial score (nSPS) is 12.2. The smallest absolute Gasteiger partial charge is 0.231 e. The van der Waals surface area contributed by atoms with Crippen LogP contribution in [0, 0.1) is 13.8 Å². The average Bonchev–Trinajstić information content (AvgIpc) is 3.28. The summed E-state index contributed by atoms with van der Waals surface area (Å²) >= 11 is 0. The van der Waals surface area contributed by atoms with Crippen LogP contribution in [0.3, 0.4) is 0 Å². The molecule has 0 saturated heterocycles. The minimum atomic E-state index is -0.000412. The summed E-state index contributed by atoms with van der Waals surface area (Å²) < 4.78 is 12.6. The van der Waals surface area contributed by atoms with Gasteiger partial charge in [0.2, 0.25) is 12.7 Å². The number of benzene rings is 2. The predicted octanol–water partition coefficient (Wildman–Crippen LogP) is 3.12. The first-order valence-corrected chi connectivity index (χ1v) is 9.37. The summed E-state index contributed by atoms with van der Waals surface area (Å²) in [6.45, 7) is 4.79. The van der Waals surface area contributed by atoms with Gasteiger partial charge in [-0.2, -0.15) is 5.10 Å². The van der Waals surface area contributed by atoms with Gasteiger partial charge < -0.3 is 14.8 Å². The van der Waals surface area contributed by atoms with E-state index in [1.54, 1.807) is 0 Å². The monoisotopic (exact) mass is 377 g/mol. The van der Waals surface area contributed by atoms with Gasteiger partial charge in [-0.1, -0.05) is 24.3 Å². The van der Waals surface area contributed by atoms with Crippen LogP contribution >= 0.6 is 0 Å². The van der Waals surface area contributed by atoms with Crippen molar-refractivity contribution in [2.75, 3.05) is 13.3 Å². The molecule has 0 spiro atoms. The number of amides is 1. The van der Waals surface area contributed by atoms with E-state index >= 15 is 0 Å². The van der Waals surface area contributed by atoms with E-state index in [1.165, 1.54) is 0 Å². The largest absolute Gasteiger partial charge is 0.454 e. The van der Waals surface area contributed by atoms with E-state index in [2.05, 4.69) is 10.4 Å². The van der Waals surface area contributed by atoms with Gasteiger partial charge in [0.05, 0.1) is 17.8 Å². The molecule has 2 aromatic carbocycles. The Morgan fingerprint density at radius 1 is 1.11 bits per heavy atom. The number of hydrogen-bond donors (Lipinski definition) is 1. The van der Waals surface area contributed by atoms with E-state index in [0.717, 1.165) is 46.1 Å². The van der Waals surface area contributed by atoms with Gasteiger partial charge in [0.25, 0.3) is 0 Å². The zero-order valence-electron chi connectivity index (χ0n) is 16.1. The maximum absolute atomic E-state index is 12.4. The van der Waals surface area contributed by atoms with Crippen LogP contribution < -0.4 is 14.8 Å². The lowest BCUT2D eigenvalue weighted by atomic mass is 10.1. The first-order valence-electron chi connectivity index (χ1n) is 9.37. The summed E-state index contributed by atoms with van der Waals surface area (Å²) in [5.41, 5.74) is 4.96. The average molecular weight is 377 g/mol. The second-order valence-corrected chi connectivity index (χ2v) is 6.86. The minimum absolute atomic E-state index is 0.000412. The topological polar surface area (TPSA) is 65.4 Å². The SMILES string of the molecule is Cc1nn(-c2ccccc2)c(C)c1CC(=O)NCCc1ccc2c(c1)OCO2. The Kier molecular flexibility index (Phi) is 5.02. The van der Waals surface area contributed by atoms with Crippen LogP contribution in [0.2, 0.25) is 0 Å². The third kappa shape index (κ3) is 3.71. The van der Waals surface area contributed by atoms with Gasteiger partial charge in [0.15, 0.2) is 11.5 Å². The predicted molar refractivity (Wildman–Crippen MR) is 106 cm³/mol. The number of nitrogens with zero attached hydrogens (tertiary/aromatic N) is 2. The molecule has 0 atom stereocenters. The molecule has 2 heterocycles. The van der Waals surface area contributed by atoms with Crippen LogP contribution in [0.25, 0.3) is 5.69 Å². The Hall–Kier alpha value is -3.28. The van der Waals surface area contributed by atoms with Gasteiger partial charge in [-0.3, -0.25) is 4.79 Å². The van der Waals surface area contributed by atoms with Gasteiger partial charge in [-0.05, 0) is 50.1 Å². The molecule has 0 radical (unpaired) electrons. The fourth-order valence-electron chi connectivity index (χ4n) is 3.42. The maximum atomic E-state index is 12.4. The highest BCUT2D eigenvalue weighted by Crippen LogP contribution is 2.32. The number of nitrogens with one attached hydrogen (secondary N) is 1. The number of hydrogen-bond acceptors (Lipinski definition) is 4. The Balaban J connectivity index is 1.36. The van der Waals surface area contributed by atoms with Crippen LogP contribution in [0.5, 0.6) is 11.5 Å². The van der Waals surface area contributed by atoms with E-state index in [1.807, 2.05) is 67.1 Å². The zero-order valence-corrected chi connectivity index (χ0v) is 16.1. The highest BCUT2D eigenvalue weighted by atomic mass is 16.7. The maximum Gasteiger partial charge on any atom is 0.231 e. The minimum Gasteiger partial charge on any atom is -0.454 e. The van der Waals surface area contributed by atoms with Gasteiger partial charge >= 0.3 is 0 Å². The lowest BCUT2D eigenvalue weighted by Gasteiger charge is -2.07. The first kappa shape index (κ1) is 18.1. The Morgan fingerprint density at radius 2 is 1.89 bits per heavy atom. The van der Waals surface area contributed by atoms with E-state index in [4.69, 9.17) is 9.47 Å². The second kappa shape index (κ2) is 7.76. The Morgan fingerprint density at radius 3 is 2.71 bits per heavy atom. The highest BCUT2D eigenvalue weighted by Gasteiger charge is 2.16. The number of para-hydroxylation sites is 1. The quantitative estimate of drug-likeness (QED) is 0.717. The van der Waals surface area contributed by atoms with Crippen molar-refractivity contribution in [2.45, 2.75) is 26.7 Å². The number of carbonyl (C=O) groups excluding carboxylic acids is 1. The molecule has 1 aliphatic rings. The molecule has 6 nitrogen and oxygen atoms in total. The molecule has 1 aromatic heterocycles. The van der Waals surface area contributed by atoms with Gasteiger partial charge in [0, 0.05) is 17.8 Å². The van der Waals surface area contributed by atoms with Gasteiger partial charge in [0.1, 0.15) is 0 Å². The molecule has 0 unspecified atom stereocenters. The lowest BCUT2D eigenvalue weighted by molar-refractivity contribution is -0.120. The molecule has 1 amide bonds. The van der Waals surface area contributed by atoms with Gasteiger partial charge in [-0.25, -0.2) is 4.68 Å². The Labute approximate surface area is 164 Å². The van der Waals surface area contributed by atoms with Crippen molar-refractivity contribution < 1.29 is 14.3 Å². The summed E-state index contributed by atoms with van der Waals surface area (Å²) in [4.78, 5) is 12.4. The van der Waals surface area contributed by atoms with Crippen molar-refractivity contribution in [3.05, 3.63) is 71.0 Å². The molecule has 0 aliphatic carbocycles. The standard InChI is InChI=1S/C22H23N3O3/c1-15-19(16(2)25(24-15)18-6-4-3-5-7-18)13-22(26)23-11-10-17-8-9-20-21(12-17)28-14-27-20/h3-9,12H,10-11,13-14H2,1-2H3,(H,23,26). The molecule has 4 rings (SSSR count). The van der Waals surface area contributed by atoms with Crippen molar-refractivity contribution >= 4 is 5.91 Å². The first-order chi connectivity index (χ1) is 13.6. The molecule has 144 valence electrons. The summed E-state index contributed by atoms with van der Waals surface area (Å²) in [6, 6.07) is 15.8. The van der Waals surface area contributed by atoms with Crippen LogP contribution in [-0.4, -0.2) is 29.0 Å². The molecular formula is C22H23N3O3. The number of ether oxygens (including phenoxy) is 2. The number of fused-ring (bicyclic) bond motifs is 1. The second-order valence-electron chi connectivity index (χ2n) is 6.86. The van der Waals surface area contributed by atoms with Crippen LogP contribution in [0.4, 0.5) is 0 Å². The lowest BCUT2D eigenvalue weighted by Crippen LogP contribution is -2.27. The van der Waals surface area contributed by atoms with Gasteiger partial charge in [-0.15, -0.1) is 0 Å². The summed E-state index contributed by atoms with van der Waals surface area (Å²) in [5.74, 6) is 1.54. The number of aromatic nitrogens is 2. The summed E-state index contributed by atoms with van der Waals surface area (Å²) in [7, 11) is 0. The molecule has 0 saturated carbocycles. The van der Waals surface area contributed by atoms with Crippen molar-refractivity contribution in [3.8, 4) is 17.2 Å². The number of rotatable bonds is 6. The molecule has 28 heavy (non-hydrogen) atoms. The molecule has 6 heteroatoms. The van der Waals surface area contributed by atoms with E-state index < -0.39 is 0 Å². The third-order valence-electron chi connectivity index (χ3n) is 4.95. The van der Waals surface area contributed by atoms with Crippen LogP contribution in [0.1, 0.15) is 22.5 Å². The summed E-state index contributed by atoms with van der Waals surface area (Å²) in [6.07, 6.45) is 1.06.